The van der Waals surface area contributed by atoms with Crippen molar-refractivity contribution < 1.29 is 14.6 Å². The van der Waals surface area contributed by atoms with Crippen LogP contribution in [-0.2, 0) is 0 Å². The Morgan fingerprint density at radius 1 is 1.00 bits per heavy atom. The molecule has 3 aromatic rings. The first-order chi connectivity index (χ1) is 11.1. The fourth-order valence-electron chi connectivity index (χ4n) is 2.41. The molecule has 6 nitrogen and oxygen atoms in total. The number of hydrogen-bond donors (Lipinski definition) is 1. The zero-order valence-corrected chi connectivity index (χ0v) is 13.1. The zero-order valence-electron chi connectivity index (χ0n) is 13.1. The third kappa shape index (κ3) is 2.70. The normalized spacial score (nSPS) is 10.6. The van der Waals surface area contributed by atoms with Crippen molar-refractivity contribution in [2.75, 3.05) is 14.2 Å². The molecule has 0 unspecified atom stereocenters. The highest BCUT2D eigenvalue weighted by molar-refractivity contribution is 5.64. The molecule has 1 heterocycles. The first-order valence-electron chi connectivity index (χ1n) is 7.06. The lowest BCUT2D eigenvalue weighted by atomic mass is 10.1. The summed E-state index contributed by atoms with van der Waals surface area (Å²) in [4.78, 5) is 0. The van der Waals surface area contributed by atoms with Gasteiger partial charge in [-0.1, -0.05) is 6.07 Å². The van der Waals surface area contributed by atoms with E-state index in [0.717, 1.165) is 22.6 Å². The van der Waals surface area contributed by atoms with Gasteiger partial charge in [0.25, 0.3) is 0 Å². The minimum atomic E-state index is 0.0791. The smallest absolute Gasteiger partial charge is 0.168 e. The Balaban J connectivity index is 2.16. The predicted molar refractivity (Wildman–Crippen MR) is 86.3 cm³/mol. The summed E-state index contributed by atoms with van der Waals surface area (Å²) in [5.41, 5.74) is 2.73. The maximum absolute atomic E-state index is 9.75. The Kier molecular flexibility index (Phi) is 3.89. The van der Waals surface area contributed by atoms with Crippen LogP contribution in [-0.4, -0.2) is 34.1 Å². The van der Waals surface area contributed by atoms with E-state index in [1.165, 1.54) is 7.11 Å². The molecule has 0 aliphatic heterocycles. The molecule has 1 aromatic heterocycles. The van der Waals surface area contributed by atoms with Crippen LogP contribution in [0, 0.1) is 6.92 Å². The lowest BCUT2D eigenvalue weighted by molar-refractivity contribution is 0.373. The number of rotatable bonds is 4. The summed E-state index contributed by atoms with van der Waals surface area (Å²) < 4.78 is 12.4. The SMILES string of the molecule is COc1cc(-c2nncn2-c2cc(C)ccc2OC)ccc1O. The standard InChI is InChI=1S/C17H17N3O3/c1-11-4-7-15(22-2)13(8-11)20-10-18-19-17(20)12-5-6-14(21)16(9-12)23-3/h4-10,21H,1-3H3. The minimum absolute atomic E-state index is 0.0791. The van der Waals surface area contributed by atoms with Crippen molar-refractivity contribution in [2.45, 2.75) is 6.92 Å². The van der Waals surface area contributed by atoms with Gasteiger partial charge in [-0.25, -0.2) is 0 Å². The molecule has 3 rings (SSSR count). The zero-order chi connectivity index (χ0) is 16.4. The molecule has 23 heavy (non-hydrogen) atoms. The van der Waals surface area contributed by atoms with Crippen LogP contribution in [0.2, 0.25) is 0 Å². The third-order valence-electron chi connectivity index (χ3n) is 3.58. The summed E-state index contributed by atoms with van der Waals surface area (Å²) in [7, 11) is 3.13. The molecule has 0 fully saturated rings. The summed E-state index contributed by atoms with van der Waals surface area (Å²) in [6.45, 7) is 2.01. The molecule has 6 heteroatoms. The van der Waals surface area contributed by atoms with Crippen molar-refractivity contribution in [1.82, 2.24) is 14.8 Å². The number of phenolic OH excluding ortho intramolecular Hbond substituents is 1. The predicted octanol–water partition coefficient (Wildman–Crippen LogP) is 2.97. The molecular formula is C17H17N3O3. The number of benzene rings is 2. The first kappa shape index (κ1) is 14.9. The molecular weight excluding hydrogens is 294 g/mol. The monoisotopic (exact) mass is 311 g/mol. The van der Waals surface area contributed by atoms with E-state index in [1.807, 2.05) is 29.7 Å². The molecule has 0 radical (unpaired) electrons. The quantitative estimate of drug-likeness (QED) is 0.802. The average molecular weight is 311 g/mol. The van der Waals surface area contributed by atoms with Gasteiger partial charge in [-0.05, 0) is 42.8 Å². The van der Waals surface area contributed by atoms with Gasteiger partial charge in [0.2, 0.25) is 0 Å². The molecule has 0 amide bonds. The van der Waals surface area contributed by atoms with Crippen LogP contribution in [0.25, 0.3) is 17.1 Å². The van der Waals surface area contributed by atoms with E-state index in [2.05, 4.69) is 10.2 Å². The van der Waals surface area contributed by atoms with E-state index < -0.39 is 0 Å². The molecule has 118 valence electrons. The molecule has 0 atom stereocenters. The van der Waals surface area contributed by atoms with Crippen LogP contribution < -0.4 is 9.47 Å². The van der Waals surface area contributed by atoms with E-state index in [4.69, 9.17) is 9.47 Å². The van der Waals surface area contributed by atoms with E-state index in [-0.39, 0.29) is 5.75 Å². The van der Waals surface area contributed by atoms with Crippen molar-refractivity contribution in [3.05, 3.63) is 48.3 Å². The van der Waals surface area contributed by atoms with Gasteiger partial charge >= 0.3 is 0 Å². The average Bonchev–Trinajstić information content (AvgIpc) is 3.04. The van der Waals surface area contributed by atoms with E-state index >= 15 is 0 Å². The Hall–Kier alpha value is -3.02. The second-order valence-corrected chi connectivity index (χ2v) is 5.09. The van der Waals surface area contributed by atoms with Gasteiger partial charge < -0.3 is 14.6 Å². The molecule has 0 aliphatic carbocycles. The summed E-state index contributed by atoms with van der Waals surface area (Å²) in [5, 5.41) is 18.0. The Morgan fingerprint density at radius 2 is 1.78 bits per heavy atom. The van der Waals surface area contributed by atoms with Crippen LogP contribution >= 0.6 is 0 Å². The largest absolute Gasteiger partial charge is 0.504 e. The van der Waals surface area contributed by atoms with Crippen molar-refractivity contribution in [2.24, 2.45) is 0 Å². The fraction of sp³-hybridized carbons (Fsp3) is 0.176. The molecule has 2 aromatic carbocycles. The number of aryl methyl sites for hydroxylation is 1. The number of aromatic hydroxyl groups is 1. The molecule has 0 saturated carbocycles. The van der Waals surface area contributed by atoms with Crippen molar-refractivity contribution in [3.8, 4) is 34.3 Å². The van der Waals surface area contributed by atoms with Gasteiger partial charge in [0.05, 0.1) is 19.9 Å². The second kappa shape index (κ2) is 6.00. The Labute approximate surface area is 133 Å². The molecule has 0 bridgehead atoms. The number of hydrogen-bond acceptors (Lipinski definition) is 5. The van der Waals surface area contributed by atoms with Crippen LogP contribution in [0.5, 0.6) is 17.2 Å². The van der Waals surface area contributed by atoms with Gasteiger partial charge in [0.15, 0.2) is 17.3 Å². The van der Waals surface area contributed by atoms with Gasteiger partial charge in [0.1, 0.15) is 12.1 Å². The van der Waals surface area contributed by atoms with Crippen LogP contribution in [0.4, 0.5) is 0 Å². The Bertz CT molecular complexity index is 843. The summed E-state index contributed by atoms with van der Waals surface area (Å²) in [5.74, 6) is 1.82. The number of ether oxygens (including phenoxy) is 2. The summed E-state index contributed by atoms with van der Waals surface area (Å²) in [6.07, 6.45) is 1.63. The van der Waals surface area contributed by atoms with Gasteiger partial charge in [0, 0.05) is 5.56 Å². The fourth-order valence-corrected chi connectivity index (χ4v) is 2.41. The molecule has 0 saturated heterocycles. The molecule has 0 aliphatic rings. The van der Waals surface area contributed by atoms with Crippen LogP contribution in [0.15, 0.2) is 42.7 Å². The third-order valence-corrected chi connectivity index (χ3v) is 3.58. The number of nitrogens with zero attached hydrogens (tertiary/aromatic N) is 3. The van der Waals surface area contributed by atoms with E-state index in [1.54, 1.807) is 31.6 Å². The van der Waals surface area contributed by atoms with Crippen LogP contribution in [0.1, 0.15) is 5.56 Å². The van der Waals surface area contributed by atoms with E-state index in [0.29, 0.717) is 11.6 Å². The number of methoxy groups -OCH3 is 2. The Morgan fingerprint density at radius 3 is 2.52 bits per heavy atom. The molecule has 1 N–H and O–H groups in total. The van der Waals surface area contributed by atoms with Crippen LogP contribution in [0.3, 0.4) is 0 Å². The topological polar surface area (TPSA) is 69.4 Å². The van der Waals surface area contributed by atoms with Crippen molar-refractivity contribution >= 4 is 0 Å². The summed E-state index contributed by atoms with van der Waals surface area (Å²) >= 11 is 0. The maximum atomic E-state index is 9.75. The highest BCUT2D eigenvalue weighted by atomic mass is 16.5. The van der Waals surface area contributed by atoms with Gasteiger partial charge in [-0.15, -0.1) is 10.2 Å². The minimum Gasteiger partial charge on any atom is -0.504 e. The lowest BCUT2D eigenvalue weighted by Gasteiger charge is -2.13. The number of aromatic nitrogens is 3. The van der Waals surface area contributed by atoms with Crippen molar-refractivity contribution in [3.63, 3.8) is 0 Å². The molecule has 0 spiro atoms. The number of phenols is 1. The van der Waals surface area contributed by atoms with E-state index in [9.17, 15) is 5.11 Å². The second-order valence-electron chi connectivity index (χ2n) is 5.09. The first-order valence-corrected chi connectivity index (χ1v) is 7.06. The lowest BCUT2D eigenvalue weighted by Crippen LogP contribution is -2.00. The maximum Gasteiger partial charge on any atom is 0.168 e. The summed E-state index contributed by atoms with van der Waals surface area (Å²) in [6, 6.07) is 10.9. The highest BCUT2D eigenvalue weighted by Crippen LogP contribution is 2.33. The highest BCUT2D eigenvalue weighted by Gasteiger charge is 2.14. The van der Waals surface area contributed by atoms with Gasteiger partial charge in [-0.3, -0.25) is 4.57 Å². The van der Waals surface area contributed by atoms with Crippen molar-refractivity contribution in [1.29, 1.82) is 0 Å². The van der Waals surface area contributed by atoms with Gasteiger partial charge in [-0.2, -0.15) is 0 Å².